The summed E-state index contributed by atoms with van der Waals surface area (Å²) in [6, 6.07) is 14.2. The van der Waals surface area contributed by atoms with Gasteiger partial charge in [-0.25, -0.2) is 18.6 Å². The van der Waals surface area contributed by atoms with E-state index in [1.807, 2.05) is 12.1 Å². The van der Waals surface area contributed by atoms with E-state index in [0.717, 1.165) is 70.5 Å². The van der Waals surface area contributed by atoms with E-state index in [4.69, 9.17) is 14.5 Å². The van der Waals surface area contributed by atoms with Crippen LogP contribution in [0.15, 0.2) is 54.6 Å². The van der Waals surface area contributed by atoms with Gasteiger partial charge in [-0.1, -0.05) is 23.5 Å². The minimum atomic E-state index is -0.842. The first kappa shape index (κ1) is 27.4. The van der Waals surface area contributed by atoms with Crippen molar-refractivity contribution in [3.63, 3.8) is 0 Å². The number of nitrogens with zero attached hydrogens (tertiary/aromatic N) is 3. The topological polar surface area (TPSA) is 79.0 Å². The molecule has 2 fully saturated rings. The molecule has 1 aromatic heterocycles. The number of fused-ring (bicyclic) bond motifs is 1. The number of halogens is 2. The molecule has 2 aliphatic rings. The summed E-state index contributed by atoms with van der Waals surface area (Å²) < 4.78 is 39.7. The second kappa shape index (κ2) is 11.6. The fourth-order valence-corrected chi connectivity index (χ4v) is 6.35. The Bertz CT molecular complexity index is 1550. The molecule has 2 saturated heterocycles. The molecule has 2 N–H and O–H groups in total. The van der Waals surface area contributed by atoms with Gasteiger partial charge in [0, 0.05) is 37.9 Å². The lowest BCUT2D eigenvalue weighted by atomic mass is 10.0. The highest BCUT2D eigenvalue weighted by atomic mass is 32.1. The van der Waals surface area contributed by atoms with Crippen molar-refractivity contribution < 1.29 is 23.0 Å². The highest BCUT2D eigenvalue weighted by Crippen LogP contribution is 2.39. The van der Waals surface area contributed by atoms with E-state index in [-0.39, 0.29) is 17.9 Å². The molecule has 3 aromatic carbocycles. The summed E-state index contributed by atoms with van der Waals surface area (Å²) in [4.78, 5) is 22.2. The zero-order valence-electron chi connectivity index (χ0n) is 22.8. The Morgan fingerprint density at radius 2 is 1.66 bits per heavy atom. The molecule has 0 unspecified atom stereocenters. The smallest absolute Gasteiger partial charge is 0.323 e. The number of benzene rings is 3. The second-order valence-corrected chi connectivity index (χ2v) is 11.4. The van der Waals surface area contributed by atoms with Gasteiger partial charge >= 0.3 is 6.03 Å². The molecular formula is C30H31F2N5O3S. The highest BCUT2D eigenvalue weighted by molar-refractivity contribution is 7.22. The van der Waals surface area contributed by atoms with Crippen LogP contribution in [-0.2, 0) is 9.47 Å². The van der Waals surface area contributed by atoms with Crippen LogP contribution in [0.25, 0.3) is 21.3 Å². The predicted octanol–water partition coefficient (Wildman–Crippen LogP) is 6.34. The van der Waals surface area contributed by atoms with Gasteiger partial charge in [-0.2, -0.15) is 0 Å². The lowest BCUT2D eigenvalue weighted by Crippen LogP contribution is -2.45. The van der Waals surface area contributed by atoms with E-state index >= 15 is 0 Å². The van der Waals surface area contributed by atoms with Crippen molar-refractivity contribution in [2.75, 3.05) is 59.8 Å². The van der Waals surface area contributed by atoms with Crippen LogP contribution < -0.4 is 20.4 Å². The van der Waals surface area contributed by atoms with Gasteiger partial charge in [-0.05, 0) is 61.4 Å². The monoisotopic (exact) mass is 579 g/mol. The van der Waals surface area contributed by atoms with Gasteiger partial charge in [-0.3, -0.25) is 0 Å². The summed E-state index contributed by atoms with van der Waals surface area (Å²) in [7, 11) is 0. The number of nitrogens with one attached hydrogen (secondary N) is 2. The summed E-state index contributed by atoms with van der Waals surface area (Å²) in [5, 5.41) is 6.10. The fraction of sp³-hybridized carbons (Fsp3) is 0.333. The van der Waals surface area contributed by atoms with Crippen LogP contribution in [0.1, 0.15) is 13.8 Å². The molecule has 2 amide bonds. The SMILES string of the molecule is C[C@@H]1CN(c2nc3c(N4CCOCC4)cc(-c4ccc(NC(=O)Nc5ccc(F)cc5F)cc4)cc3s2)C[C@H](C)O1. The number of hydrogen-bond acceptors (Lipinski definition) is 7. The fourth-order valence-electron chi connectivity index (χ4n) is 5.30. The number of urea groups is 1. The molecule has 2 atom stereocenters. The number of aromatic nitrogens is 1. The first-order valence-corrected chi connectivity index (χ1v) is 14.5. The summed E-state index contributed by atoms with van der Waals surface area (Å²) in [6.07, 6.45) is 0.285. The maximum absolute atomic E-state index is 13.9. The molecule has 0 aliphatic carbocycles. The van der Waals surface area contributed by atoms with Gasteiger partial charge in [0.05, 0.1) is 41.5 Å². The van der Waals surface area contributed by atoms with Crippen LogP contribution in [-0.4, -0.2) is 62.6 Å². The molecule has 214 valence electrons. The van der Waals surface area contributed by atoms with Crippen molar-refractivity contribution >= 4 is 49.8 Å². The largest absolute Gasteiger partial charge is 0.378 e. The van der Waals surface area contributed by atoms with Crippen molar-refractivity contribution in [3.05, 3.63) is 66.2 Å². The number of thiazole rings is 1. The molecule has 11 heteroatoms. The number of amides is 2. The van der Waals surface area contributed by atoms with Crippen molar-refractivity contribution in [1.29, 1.82) is 0 Å². The minimum Gasteiger partial charge on any atom is -0.378 e. The number of ether oxygens (including phenoxy) is 2. The quantitative estimate of drug-likeness (QED) is 0.288. The molecule has 0 spiro atoms. The van der Waals surface area contributed by atoms with Gasteiger partial charge in [-0.15, -0.1) is 0 Å². The Balaban J connectivity index is 1.26. The first-order valence-electron chi connectivity index (χ1n) is 13.6. The molecule has 3 heterocycles. The Hall–Kier alpha value is -3.80. The van der Waals surface area contributed by atoms with Crippen LogP contribution in [0.2, 0.25) is 0 Å². The number of morpholine rings is 2. The number of rotatable bonds is 5. The third-order valence-corrected chi connectivity index (χ3v) is 8.22. The van der Waals surface area contributed by atoms with Crippen molar-refractivity contribution in [2.24, 2.45) is 0 Å². The third-order valence-electron chi connectivity index (χ3n) is 7.16. The van der Waals surface area contributed by atoms with Crippen molar-refractivity contribution in [1.82, 2.24) is 4.98 Å². The average molecular weight is 580 g/mol. The molecular weight excluding hydrogens is 548 g/mol. The highest BCUT2D eigenvalue weighted by Gasteiger charge is 2.26. The second-order valence-electron chi connectivity index (χ2n) is 10.4. The zero-order valence-corrected chi connectivity index (χ0v) is 23.6. The van der Waals surface area contributed by atoms with Crippen LogP contribution in [0, 0.1) is 11.6 Å². The summed E-state index contributed by atoms with van der Waals surface area (Å²) in [5.74, 6) is -1.55. The molecule has 2 aliphatic heterocycles. The van der Waals surface area contributed by atoms with Gasteiger partial charge in [0.15, 0.2) is 5.13 Å². The standard InChI is InChI=1S/C30H31F2N5O3S/c1-18-16-37(17-19(2)40-18)30-35-28-26(36-9-11-39-12-10-36)13-21(14-27(28)41-30)20-3-6-23(7-4-20)33-29(38)34-25-8-5-22(31)15-24(25)32/h3-8,13-15,18-19H,9-12,16-17H2,1-2H3,(H2,33,34,38)/t18-,19+. The Morgan fingerprint density at radius 1 is 0.927 bits per heavy atom. The zero-order chi connectivity index (χ0) is 28.5. The maximum atomic E-state index is 13.9. The molecule has 6 rings (SSSR count). The Labute approximate surface area is 240 Å². The normalized spacial score (nSPS) is 19.4. The number of carbonyl (C=O) groups excluding carboxylic acids is 1. The maximum Gasteiger partial charge on any atom is 0.323 e. The van der Waals surface area contributed by atoms with Gasteiger partial charge in [0.25, 0.3) is 0 Å². The van der Waals surface area contributed by atoms with Crippen LogP contribution in [0.4, 0.5) is 35.8 Å². The van der Waals surface area contributed by atoms with Crippen LogP contribution in [0.3, 0.4) is 0 Å². The lowest BCUT2D eigenvalue weighted by molar-refractivity contribution is -0.00521. The molecule has 0 bridgehead atoms. The predicted molar refractivity (Wildman–Crippen MR) is 159 cm³/mol. The first-order chi connectivity index (χ1) is 19.8. The summed E-state index contributed by atoms with van der Waals surface area (Å²) in [5.41, 5.74) is 4.54. The van der Waals surface area contributed by atoms with E-state index in [0.29, 0.717) is 18.9 Å². The van der Waals surface area contributed by atoms with E-state index in [9.17, 15) is 13.6 Å². The molecule has 0 radical (unpaired) electrons. The number of hydrogen-bond donors (Lipinski definition) is 2. The average Bonchev–Trinajstić information content (AvgIpc) is 3.39. The van der Waals surface area contributed by atoms with E-state index in [1.165, 1.54) is 6.07 Å². The van der Waals surface area contributed by atoms with E-state index < -0.39 is 17.7 Å². The third kappa shape index (κ3) is 6.12. The van der Waals surface area contributed by atoms with Gasteiger partial charge in [0.1, 0.15) is 17.2 Å². The molecule has 0 saturated carbocycles. The minimum absolute atomic E-state index is 0.102. The van der Waals surface area contributed by atoms with Crippen molar-refractivity contribution in [2.45, 2.75) is 26.1 Å². The van der Waals surface area contributed by atoms with E-state index in [2.05, 4.69) is 46.4 Å². The van der Waals surface area contributed by atoms with Gasteiger partial charge in [0.2, 0.25) is 0 Å². The van der Waals surface area contributed by atoms with Crippen molar-refractivity contribution in [3.8, 4) is 11.1 Å². The molecule has 8 nitrogen and oxygen atoms in total. The molecule has 41 heavy (non-hydrogen) atoms. The summed E-state index contributed by atoms with van der Waals surface area (Å²) in [6.45, 7) is 8.73. The lowest BCUT2D eigenvalue weighted by Gasteiger charge is -2.35. The van der Waals surface area contributed by atoms with Crippen LogP contribution in [0.5, 0.6) is 0 Å². The van der Waals surface area contributed by atoms with Crippen LogP contribution >= 0.6 is 11.3 Å². The summed E-state index contributed by atoms with van der Waals surface area (Å²) >= 11 is 1.69. The number of carbonyl (C=O) groups is 1. The Kier molecular flexibility index (Phi) is 7.74. The van der Waals surface area contributed by atoms with Gasteiger partial charge < -0.3 is 29.9 Å². The number of anilines is 4. The van der Waals surface area contributed by atoms with E-state index in [1.54, 1.807) is 23.5 Å². The molecule has 4 aromatic rings. The Morgan fingerprint density at radius 3 is 2.37 bits per heavy atom.